The Kier molecular flexibility index (Phi) is 3.83. The summed E-state index contributed by atoms with van der Waals surface area (Å²) in [4.78, 5) is 0. The third-order valence-electron chi connectivity index (χ3n) is 3.89. The average Bonchev–Trinajstić information content (AvgIpc) is 2.48. The van der Waals surface area contributed by atoms with E-state index < -0.39 is 0 Å². The molecule has 1 aliphatic heterocycles. The molecule has 2 N–H and O–H groups in total. The van der Waals surface area contributed by atoms with Crippen molar-refractivity contribution < 1.29 is 10.3 Å². The zero-order valence-corrected chi connectivity index (χ0v) is 11.4. The van der Waals surface area contributed by atoms with Gasteiger partial charge in [0, 0.05) is 19.7 Å². The van der Waals surface area contributed by atoms with Crippen molar-refractivity contribution in [3.63, 3.8) is 0 Å². The fourth-order valence-electron chi connectivity index (χ4n) is 2.71. The van der Waals surface area contributed by atoms with Gasteiger partial charge in [0.15, 0.2) is 0 Å². The van der Waals surface area contributed by atoms with Gasteiger partial charge in [0.25, 0.3) is 0 Å². The average molecular weight is 269 g/mol. The molecule has 1 heterocycles. The molecule has 104 valence electrons. The minimum absolute atomic E-state index is 0.190. The van der Waals surface area contributed by atoms with E-state index in [0.717, 1.165) is 12.0 Å². The lowest BCUT2D eigenvalue weighted by molar-refractivity contribution is -0.103. The summed E-state index contributed by atoms with van der Waals surface area (Å²) in [6.45, 7) is 1.51. The predicted octanol–water partition coefficient (Wildman–Crippen LogP) is 2.64. The summed E-state index contributed by atoms with van der Waals surface area (Å²) in [6.07, 6.45) is 1.60. The quantitative estimate of drug-likeness (QED) is 0.900. The first kappa shape index (κ1) is 13.3. The van der Waals surface area contributed by atoms with E-state index in [1.54, 1.807) is 0 Å². The Hall–Kier alpha value is -1.68. The molecule has 0 radical (unpaired) electrons. The molecule has 0 spiro atoms. The Balaban J connectivity index is 1.87. The maximum absolute atomic E-state index is 9.54. The fraction of sp³-hybridized carbons (Fsp3) is 0.294. The number of benzene rings is 2. The number of aliphatic hydroxyl groups is 1. The third-order valence-corrected chi connectivity index (χ3v) is 3.89. The Morgan fingerprint density at radius 1 is 0.950 bits per heavy atom. The van der Waals surface area contributed by atoms with E-state index in [9.17, 15) is 5.21 Å². The monoisotopic (exact) mass is 269 g/mol. The zero-order chi connectivity index (χ0) is 13.9. The summed E-state index contributed by atoms with van der Waals surface area (Å²) in [5.74, 6) is 0. The standard InChI is InChI=1S/C17H19NO2/c19-10-8-13-1-3-14(4-2-13)15-5-6-17-12-18(20)9-7-16(17)11-15/h1-6,11,19-20H,7-10,12H2. The number of fused-ring (bicyclic) bond motifs is 1. The maximum atomic E-state index is 9.54. The van der Waals surface area contributed by atoms with Crippen LogP contribution in [0.5, 0.6) is 0 Å². The highest BCUT2D eigenvalue weighted by atomic mass is 16.5. The molecule has 0 saturated carbocycles. The van der Waals surface area contributed by atoms with Crippen molar-refractivity contribution in [1.82, 2.24) is 5.06 Å². The topological polar surface area (TPSA) is 43.7 Å². The second kappa shape index (κ2) is 5.75. The van der Waals surface area contributed by atoms with Gasteiger partial charge >= 0.3 is 0 Å². The van der Waals surface area contributed by atoms with Gasteiger partial charge in [-0.3, -0.25) is 0 Å². The Labute approximate surface area is 119 Å². The Morgan fingerprint density at radius 2 is 1.70 bits per heavy atom. The largest absolute Gasteiger partial charge is 0.396 e. The van der Waals surface area contributed by atoms with Crippen LogP contribution in [0.1, 0.15) is 16.7 Å². The van der Waals surface area contributed by atoms with Gasteiger partial charge in [-0.2, -0.15) is 5.06 Å². The highest BCUT2D eigenvalue weighted by Gasteiger charge is 2.14. The summed E-state index contributed by atoms with van der Waals surface area (Å²) in [7, 11) is 0. The van der Waals surface area contributed by atoms with Gasteiger partial charge in [0.1, 0.15) is 0 Å². The van der Waals surface area contributed by atoms with E-state index in [-0.39, 0.29) is 6.61 Å². The molecule has 3 nitrogen and oxygen atoms in total. The van der Waals surface area contributed by atoms with E-state index in [1.807, 2.05) is 0 Å². The second-order valence-corrected chi connectivity index (χ2v) is 5.29. The SMILES string of the molecule is OCCc1ccc(-c2ccc3c(c2)CCN(O)C3)cc1. The second-order valence-electron chi connectivity index (χ2n) is 5.29. The van der Waals surface area contributed by atoms with Crippen LogP contribution in [-0.4, -0.2) is 28.5 Å². The molecule has 0 fully saturated rings. The first-order valence-corrected chi connectivity index (χ1v) is 7.02. The number of hydroxylamine groups is 2. The van der Waals surface area contributed by atoms with Crippen LogP contribution < -0.4 is 0 Å². The number of aliphatic hydroxyl groups excluding tert-OH is 1. The van der Waals surface area contributed by atoms with Crippen LogP contribution in [0.15, 0.2) is 42.5 Å². The van der Waals surface area contributed by atoms with Gasteiger partial charge in [-0.1, -0.05) is 42.5 Å². The van der Waals surface area contributed by atoms with Crippen LogP contribution >= 0.6 is 0 Å². The molecule has 2 aromatic rings. The molecule has 0 aromatic heterocycles. The summed E-state index contributed by atoms with van der Waals surface area (Å²) in [6, 6.07) is 14.8. The van der Waals surface area contributed by atoms with Crippen LogP contribution in [0.25, 0.3) is 11.1 Å². The smallest absolute Gasteiger partial charge is 0.0491 e. The molecular weight excluding hydrogens is 250 g/mol. The predicted molar refractivity (Wildman–Crippen MR) is 78.6 cm³/mol. The summed E-state index contributed by atoms with van der Waals surface area (Å²) in [5.41, 5.74) is 6.10. The summed E-state index contributed by atoms with van der Waals surface area (Å²) >= 11 is 0. The first-order valence-electron chi connectivity index (χ1n) is 7.02. The van der Waals surface area contributed by atoms with Gasteiger partial charge in [-0.05, 0) is 40.7 Å². The number of hydrogen-bond donors (Lipinski definition) is 2. The summed E-state index contributed by atoms with van der Waals surface area (Å²) in [5, 5.41) is 19.8. The van der Waals surface area contributed by atoms with Crippen LogP contribution in [0.4, 0.5) is 0 Å². The lowest BCUT2D eigenvalue weighted by Gasteiger charge is -2.23. The molecule has 1 aliphatic rings. The van der Waals surface area contributed by atoms with Crippen molar-refractivity contribution in [2.75, 3.05) is 13.2 Å². The van der Waals surface area contributed by atoms with Gasteiger partial charge in [-0.25, -0.2) is 0 Å². The molecular formula is C17H19NO2. The van der Waals surface area contributed by atoms with Crippen molar-refractivity contribution >= 4 is 0 Å². The molecule has 20 heavy (non-hydrogen) atoms. The molecule has 0 bridgehead atoms. The maximum Gasteiger partial charge on any atom is 0.0491 e. The van der Waals surface area contributed by atoms with Crippen molar-refractivity contribution in [3.8, 4) is 11.1 Å². The van der Waals surface area contributed by atoms with Gasteiger partial charge in [0.2, 0.25) is 0 Å². The first-order chi connectivity index (χ1) is 9.76. The summed E-state index contributed by atoms with van der Waals surface area (Å²) < 4.78 is 0. The van der Waals surface area contributed by atoms with Crippen LogP contribution in [0, 0.1) is 0 Å². The van der Waals surface area contributed by atoms with Crippen molar-refractivity contribution in [2.45, 2.75) is 19.4 Å². The lowest BCUT2D eigenvalue weighted by atomic mass is 9.95. The number of rotatable bonds is 3. The zero-order valence-electron chi connectivity index (χ0n) is 11.4. The fourth-order valence-corrected chi connectivity index (χ4v) is 2.71. The normalized spacial score (nSPS) is 15.1. The molecule has 0 amide bonds. The molecule has 0 saturated heterocycles. The van der Waals surface area contributed by atoms with E-state index in [2.05, 4.69) is 42.5 Å². The lowest BCUT2D eigenvalue weighted by Crippen LogP contribution is -2.27. The van der Waals surface area contributed by atoms with Crippen LogP contribution in [0.2, 0.25) is 0 Å². The van der Waals surface area contributed by atoms with Crippen molar-refractivity contribution in [1.29, 1.82) is 0 Å². The molecule has 0 unspecified atom stereocenters. The van der Waals surface area contributed by atoms with Crippen molar-refractivity contribution in [2.24, 2.45) is 0 Å². The van der Waals surface area contributed by atoms with Gasteiger partial charge in [-0.15, -0.1) is 0 Å². The Morgan fingerprint density at radius 3 is 2.45 bits per heavy atom. The molecule has 0 aliphatic carbocycles. The minimum Gasteiger partial charge on any atom is -0.396 e. The van der Waals surface area contributed by atoms with E-state index in [0.29, 0.717) is 19.5 Å². The van der Waals surface area contributed by atoms with Gasteiger partial charge < -0.3 is 10.3 Å². The molecule has 3 heteroatoms. The van der Waals surface area contributed by atoms with Gasteiger partial charge in [0.05, 0.1) is 0 Å². The number of nitrogens with zero attached hydrogens (tertiary/aromatic N) is 1. The van der Waals surface area contributed by atoms with Crippen LogP contribution in [0.3, 0.4) is 0 Å². The molecule has 3 rings (SSSR count). The highest BCUT2D eigenvalue weighted by molar-refractivity contribution is 5.65. The number of hydrogen-bond acceptors (Lipinski definition) is 3. The van der Waals surface area contributed by atoms with E-state index in [4.69, 9.17) is 5.11 Å². The minimum atomic E-state index is 0.190. The molecule has 2 aromatic carbocycles. The van der Waals surface area contributed by atoms with Crippen LogP contribution in [-0.2, 0) is 19.4 Å². The third kappa shape index (κ3) is 2.75. The highest BCUT2D eigenvalue weighted by Crippen LogP contribution is 2.26. The van der Waals surface area contributed by atoms with E-state index >= 15 is 0 Å². The van der Waals surface area contributed by atoms with Crippen molar-refractivity contribution in [3.05, 3.63) is 59.2 Å². The Bertz CT molecular complexity index is 592. The van der Waals surface area contributed by atoms with E-state index in [1.165, 1.54) is 27.3 Å². The molecule has 0 atom stereocenters.